The molecule has 0 aliphatic carbocycles. The highest BCUT2D eigenvalue weighted by Crippen LogP contribution is 2.37. The lowest BCUT2D eigenvalue weighted by molar-refractivity contribution is -0.137. The minimum atomic E-state index is -4.47. The van der Waals surface area contributed by atoms with Crippen LogP contribution in [-0.4, -0.2) is 5.11 Å². The van der Waals surface area contributed by atoms with E-state index in [0.717, 1.165) is 6.07 Å². The molecule has 1 N–H and O–H groups in total. The van der Waals surface area contributed by atoms with Crippen LogP contribution in [0.3, 0.4) is 0 Å². The van der Waals surface area contributed by atoms with Crippen molar-refractivity contribution in [2.45, 2.75) is 12.8 Å². The normalized spacial score (nSPS) is 11.6. The number of rotatable bonds is 2. The summed E-state index contributed by atoms with van der Waals surface area (Å²) in [6, 6.07) is 10.4. The second-order valence-electron chi connectivity index (χ2n) is 4.05. The SMILES string of the molecule is OCc1ccc(-c2ccc(Cl)c(C(F)(F)F)c2)cc1. The number of hydrogen-bond donors (Lipinski definition) is 1. The second kappa shape index (κ2) is 5.23. The molecule has 0 saturated carbocycles. The van der Waals surface area contributed by atoms with E-state index in [1.807, 2.05) is 0 Å². The molecule has 0 spiro atoms. The molecular formula is C14H10ClF3O. The third kappa shape index (κ3) is 3.08. The first-order valence-corrected chi connectivity index (χ1v) is 5.86. The first kappa shape index (κ1) is 13.9. The fourth-order valence-electron chi connectivity index (χ4n) is 1.72. The lowest BCUT2D eigenvalue weighted by Crippen LogP contribution is -2.05. The minimum Gasteiger partial charge on any atom is -0.392 e. The fourth-order valence-corrected chi connectivity index (χ4v) is 1.95. The Morgan fingerprint density at radius 2 is 1.53 bits per heavy atom. The highest BCUT2D eigenvalue weighted by molar-refractivity contribution is 6.31. The first-order valence-electron chi connectivity index (χ1n) is 5.49. The number of hydrogen-bond acceptors (Lipinski definition) is 1. The minimum absolute atomic E-state index is 0.102. The molecule has 0 bridgehead atoms. The molecule has 0 unspecified atom stereocenters. The Bertz CT molecular complexity index is 576. The molecule has 0 atom stereocenters. The molecule has 1 nitrogen and oxygen atoms in total. The van der Waals surface area contributed by atoms with E-state index in [2.05, 4.69) is 0 Å². The van der Waals surface area contributed by atoms with Gasteiger partial charge in [-0.15, -0.1) is 0 Å². The van der Waals surface area contributed by atoms with E-state index >= 15 is 0 Å². The Balaban J connectivity index is 2.45. The van der Waals surface area contributed by atoms with Crippen LogP contribution in [0.1, 0.15) is 11.1 Å². The predicted molar refractivity (Wildman–Crippen MR) is 67.8 cm³/mol. The average molecular weight is 287 g/mol. The lowest BCUT2D eigenvalue weighted by atomic mass is 10.0. The third-order valence-electron chi connectivity index (χ3n) is 2.74. The van der Waals surface area contributed by atoms with Gasteiger partial charge in [0.05, 0.1) is 17.2 Å². The maximum Gasteiger partial charge on any atom is 0.417 e. The van der Waals surface area contributed by atoms with Crippen molar-refractivity contribution in [2.75, 3.05) is 0 Å². The zero-order chi connectivity index (χ0) is 14.0. The van der Waals surface area contributed by atoms with Gasteiger partial charge in [0.1, 0.15) is 0 Å². The summed E-state index contributed by atoms with van der Waals surface area (Å²) in [7, 11) is 0. The molecule has 0 aliphatic rings. The van der Waals surface area contributed by atoms with Gasteiger partial charge < -0.3 is 5.11 Å². The van der Waals surface area contributed by atoms with Crippen molar-refractivity contribution in [1.82, 2.24) is 0 Å². The van der Waals surface area contributed by atoms with Crippen LogP contribution in [0, 0.1) is 0 Å². The van der Waals surface area contributed by atoms with Crippen LogP contribution < -0.4 is 0 Å². The van der Waals surface area contributed by atoms with E-state index < -0.39 is 11.7 Å². The average Bonchev–Trinajstić information content (AvgIpc) is 2.38. The van der Waals surface area contributed by atoms with Gasteiger partial charge in [-0.05, 0) is 28.8 Å². The Morgan fingerprint density at radius 1 is 0.947 bits per heavy atom. The van der Waals surface area contributed by atoms with Gasteiger partial charge in [-0.25, -0.2) is 0 Å². The van der Waals surface area contributed by atoms with Gasteiger partial charge in [-0.1, -0.05) is 41.9 Å². The summed E-state index contributed by atoms with van der Waals surface area (Å²) >= 11 is 5.56. The summed E-state index contributed by atoms with van der Waals surface area (Å²) in [4.78, 5) is 0. The second-order valence-corrected chi connectivity index (χ2v) is 4.45. The Labute approximate surface area is 113 Å². The number of aliphatic hydroxyl groups is 1. The van der Waals surface area contributed by atoms with E-state index in [9.17, 15) is 13.2 Å². The molecule has 0 heterocycles. The summed E-state index contributed by atoms with van der Waals surface area (Å²) in [5.41, 5.74) is 0.923. The molecule has 0 amide bonds. The third-order valence-corrected chi connectivity index (χ3v) is 3.07. The Kier molecular flexibility index (Phi) is 3.83. The van der Waals surface area contributed by atoms with Gasteiger partial charge >= 0.3 is 6.18 Å². The zero-order valence-electron chi connectivity index (χ0n) is 9.71. The van der Waals surface area contributed by atoms with Crippen LogP contribution in [0.4, 0.5) is 13.2 Å². The topological polar surface area (TPSA) is 20.2 Å². The summed E-state index contributed by atoms with van der Waals surface area (Å²) in [6.07, 6.45) is -4.47. The maximum absolute atomic E-state index is 12.7. The smallest absolute Gasteiger partial charge is 0.392 e. The number of halogens is 4. The standard InChI is InChI=1S/C14H10ClF3O/c15-13-6-5-11(7-12(13)14(16,17)18)10-3-1-9(8-19)2-4-10/h1-7,19H,8H2. The highest BCUT2D eigenvalue weighted by atomic mass is 35.5. The van der Waals surface area contributed by atoms with Crippen molar-refractivity contribution < 1.29 is 18.3 Å². The van der Waals surface area contributed by atoms with Gasteiger partial charge in [0.25, 0.3) is 0 Å². The van der Waals surface area contributed by atoms with Gasteiger partial charge in [-0.3, -0.25) is 0 Å². The van der Waals surface area contributed by atoms with Crippen molar-refractivity contribution in [3.63, 3.8) is 0 Å². The molecule has 0 saturated heterocycles. The fraction of sp³-hybridized carbons (Fsp3) is 0.143. The van der Waals surface area contributed by atoms with Crippen molar-refractivity contribution in [3.8, 4) is 11.1 Å². The van der Waals surface area contributed by atoms with Gasteiger partial charge in [-0.2, -0.15) is 13.2 Å². The first-order chi connectivity index (χ1) is 8.91. The highest BCUT2D eigenvalue weighted by Gasteiger charge is 2.33. The molecule has 2 aromatic carbocycles. The predicted octanol–water partition coefficient (Wildman–Crippen LogP) is 4.52. The summed E-state index contributed by atoms with van der Waals surface area (Å²) in [5, 5.41) is 8.60. The molecule has 5 heteroatoms. The molecule has 0 radical (unpaired) electrons. The lowest BCUT2D eigenvalue weighted by Gasteiger charge is -2.11. The monoisotopic (exact) mass is 286 g/mol. The van der Waals surface area contributed by atoms with Crippen molar-refractivity contribution in [2.24, 2.45) is 0 Å². The molecule has 100 valence electrons. The molecule has 2 aromatic rings. The van der Waals surface area contributed by atoms with Crippen LogP contribution in [0.25, 0.3) is 11.1 Å². The van der Waals surface area contributed by atoms with Crippen LogP contribution in [0.15, 0.2) is 42.5 Å². The molecule has 2 rings (SSSR count). The van der Waals surface area contributed by atoms with E-state index in [-0.39, 0.29) is 11.6 Å². The number of aliphatic hydroxyl groups excluding tert-OH is 1. The van der Waals surface area contributed by atoms with Crippen molar-refractivity contribution >= 4 is 11.6 Å². The van der Waals surface area contributed by atoms with E-state index in [1.54, 1.807) is 24.3 Å². The van der Waals surface area contributed by atoms with Crippen LogP contribution in [0.5, 0.6) is 0 Å². The Morgan fingerprint density at radius 3 is 2.05 bits per heavy atom. The van der Waals surface area contributed by atoms with Crippen molar-refractivity contribution in [3.05, 3.63) is 58.6 Å². The summed E-state index contributed by atoms with van der Waals surface area (Å²) in [5.74, 6) is 0. The summed E-state index contributed by atoms with van der Waals surface area (Å²) < 4.78 is 38.2. The molecular weight excluding hydrogens is 277 g/mol. The van der Waals surface area contributed by atoms with E-state index in [1.165, 1.54) is 12.1 Å². The number of benzene rings is 2. The largest absolute Gasteiger partial charge is 0.417 e. The van der Waals surface area contributed by atoms with Crippen LogP contribution >= 0.6 is 11.6 Å². The number of alkyl halides is 3. The quantitative estimate of drug-likeness (QED) is 0.861. The molecule has 19 heavy (non-hydrogen) atoms. The van der Waals surface area contributed by atoms with E-state index in [0.29, 0.717) is 16.7 Å². The Hall–Kier alpha value is -1.52. The van der Waals surface area contributed by atoms with Crippen molar-refractivity contribution in [1.29, 1.82) is 0 Å². The molecule has 0 fully saturated rings. The maximum atomic E-state index is 12.7. The molecule has 0 aliphatic heterocycles. The zero-order valence-corrected chi connectivity index (χ0v) is 10.5. The van der Waals surface area contributed by atoms with Crippen LogP contribution in [0.2, 0.25) is 5.02 Å². The van der Waals surface area contributed by atoms with Gasteiger partial charge in [0.2, 0.25) is 0 Å². The van der Waals surface area contributed by atoms with Gasteiger partial charge in [0.15, 0.2) is 0 Å². The van der Waals surface area contributed by atoms with E-state index in [4.69, 9.17) is 16.7 Å². The van der Waals surface area contributed by atoms with Gasteiger partial charge in [0, 0.05) is 0 Å². The summed E-state index contributed by atoms with van der Waals surface area (Å²) in [6.45, 7) is -0.102. The van der Waals surface area contributed by atoms with Crippen LogP contribution in [-0.2, 0) is 12.8 Å². The molecule has 0 aromatic heterocycles.